The average Bonchev–Trinajstić information content (AvgIpc) is 2.42. The van der Waals surface area contributed by atoms with Gasteiger partial charge in [-0.05, 0) is 31.5 Å². The minimum atomic E-state index is -0.247. The average molecular weight is 311 g/mol. The fourth-order valence-corrected chi connectivity index (χ4v) is 2.48. The van der Waals surface area contributed by atoms with Crippen LogP contribution in [0.15, 0.2) is 18.2 Å². The molecule has 2 rings (SSSR count). The molecule has 6 heteroatoms. The maximum absolute atomic E-state index is 12.1. The SMILES string of the molecule is CCC[C@@H](C)NC(=O)CN1C(=O)COc2ccc(Cl)cc21. The lowest BCUT2D eigenvalue weighted by Gasteiger charge is -2.29. The van der Waals surface area contributed by atoms with E-state index >= 15 is 0 Å². The van der Waals surface area contributed by atoms with Crippen LogP contribution in [0.4, 0.5) is 5.69 Å². The van der Waals surface area contributed by atoms with Gasteiger partial charge in [-0.3, -0.25) is 14.5 Å². The Morgan fingerprint density at radius 2 is 2.29 bits per heavy atom. The zero-order chi connectivity index (χ0) is 15.4. The molecule has 1 N–H and O–H groups in total. The third-order valence-electron chi connectivity index (χ3n) is 3.29. The van der Waals surface area contributed by atoms with E-state index in [1.54, 1.807) is 18.2 Å². The van der Waals surface area contributed by atoms with Gasteiger partial charge in [0.05, 0.1) is 5.69 Å². The van der Waals surface area contributed by atoms with Crippen LogP contribution < -0.4 is 15.0 Å². The minimum absolute atomic E-state index is 0.0242. The lowest BCUT2D eigenvalue weighted by Crippen LogP contribution is -2.46. The van der Waals surface area contributed by atoms with Gasteiger partial charge in [0.15, 0.2) is 6.61 Å². The Labute approximate surface area is 129 Å². The summed E-state index contributed by atoms with van der Waals surface area (Å²) in [5, 5.41) is 3.38. The minimum Gasteiger partial charge on any atom is -0.482 e. The summed E-state index contributed by atoms with van der Waals surface area (Å²) >= 11 is 5.96. The van der Waals surface area contributed by atoms with E-state index in [-0.39, 0.29) is 31.0 Å². The molecule has 0 aromatic heterocycles. The topological polar surface area (TPSA) is 58.6 Å². The molecular weight excluding hydrogens is 292 g/mol. The summed E-state index contributed by atoms with van der Waals surface area (Å²) in [6.07, 6.45) is 1.90. The number of fused-ring (bicyclic) bond motifs is 1. The number of halogens is 1. The number of nitrogens with one attached hydrogen (secondary N) is 1. The first-order valence-corrected chi connectivity index (χ1v) is 7.41. The van der Waals surface area contributed by atoms with Crippen molar-refractivity contribution in [2.75, 3.05) is 18.1 Å². The highest BCUT2D eigenvalue weighted by Crippen LogP contribution is 2.34. The maximum atomic E-state index is 12.1. The number of amides is 2. The number of carbonyl (C=O) groups excluding carboxylic acids is 2. The Morgan fingerprint density at radius 3 is 3.00 bits per heavy atom. The van der Waals surface area contributed by atoms with Crippen molar-refractivity contribution in [2.24, 2.45) is 0 Å². The third-order valence-corrected chi connectivity index (χ3v) is 3.53. The molecule has 0 saturated carbocycles. The Bertz CT molecular complexity index is 548. The summed E-state index contributed by atoms with van der Waals surface area (Å²) in [5.74, 6) is 0.133. The quantitative estimate of drug-likeness (QED) is 0.908. The van der Waals surface area contributed by atoms with Gasteiger partial charge in [0.2, 0.25) is 5.91 Å². The summed E-state index contributed by atoms with van der Waals surface area (Å²) in [6, 6.07) is 5.13. The fraction of sp³-hybridized carbons (Fsp3) is 0.467. The zero-order valence-corrected chi connectivity index (χ0v) is 12.9. The molecule has 2 amide bonds. The zero-order valence-electron chi connectivity index (χ0n) is 12.2. The second-order valence-electron chi connectivity index (χ2n) is 5.14. The van der Waals surface area contributed by atoms with Crippen LogP contribution >= 0.6 is 11.6 Å². The number of rotatable bonds is 5. The number of anilines is 1. The molecule has 1 aromatic carbocycles. The van der Waals surface area contributed by atoms with Gasteiger partial charge in [-0.15, -0.1) is 0 Å². The molecule has 0 saturated heterocycles. The van der Waals surface area contributed by atoms with Gasteiger partial charge in [-0.2, -0.15) is 0 Å². The van der Waals surface area contributed by atoms with Gasteiger partial charge in [0, 0.05) is 11.1 Å². The Morgan fingerprint density at radius 1 is 1.52 bits per heavy atom. The molecule has 0 fully saturated rings. The smallest absolute Gasteiger partial charge is 0.265 e. The second-order valence-corrected chi connectivity index (χ2v) is 5.57. The van der Waals surface area contributed by atoms with Gasteiger partial charge in [0.1, 0.15) is 12.3 Å². The third kappa shape index (κ3) is 3.88. The van der Waals surface area contributed by atoms with Crippen LogP contribution in [0.5, 0.6) is 5.75 Å². The predicted molar refractivity (Wildman–Crippen MR) is 81.8 cm³/mol. The van der Waals surface area contributed by atoms with Crippen molar-refractivity contribution in [3.05, 3.63) is 23.2 Å². The van der Waals surface area contributed by atoms with Gasteiger partial charge < -0.3 is 10.1 Å². The highest BCUT2D eigenvalue weighted by molar-refractivity contribution is 6.31. The van der Waals surface area contributed by atoms with E-state index in [1.807, 2.05) is 6.92 Å². The molecule has 0 spiro atoms. The van der Waals surface area contributed by atoms with E-state index in [0.29, 0.717) is 16.5 Å². The molecule has 1 atom stereocenters. The highest BCUT2D eigenvalue weighted by atomic mass is 35.5. The van der Waals surface area contributed by atoms with Crippen LogP contribution in [0.25, 0.3) is 0 Å². The Balaban J connectivity index is 2.11. The molecule has 0 bridgehead atoms. The number of nitrogens with zero attached hydrogens (tertiary/aromatic N) is 1. The van der Waals surface area contributed by atoms with Gasteiger partial charge in [-0.1, -0.05) is 24.9 Å². The lowest BCUT2D eigenvalue weighted by molar-refractivity contribution is -0.125. The van der Waals surface area contributed by atoms with Crippen LogP contribution in [0.3, 0.4) is 0 Å². The normalized spacial score (nSPS) is 15.2. The molecule has 0 aliphatic carbocycles. The van der Waals surface area contributed by atoms with E-state index in [2.05, 4.69) is 12.2 Å². The van der Waals surface area contributed by atoms with Crippen molar-refractivity contribution in [3.8, 4) is 5.75 Å². The van der Waals surface area contributed by atoms with Gasteiger partial charge >= 0.3 is 0 Å². The first-order valence-electron chi connectivity index (χ1n) is 7.03. The molecular formula is C15H19ClN2O3. The molecule has 0 unspecified atom stereocenters. The molecule has 1 aromatic rings. The molecule has 1 aliphatic heterocycles. The van der Waals surface area contributed by atoms with Crippen molar-refractivity contribution in [1.82, 2.24) is 5.32 Å². The van der Waals surface area contributed by atoms with E-state index in [1.165, 1.54) is 4.90 Å². The number of hydrogen-bond acceptors (Lipinski definition) is 3. The first-order chi connectivity index (χ1) is 10.0. The highest BCUT2D eigenvalue weighted by Gasteiger charge is 2.27. The molecule has 21 heavy (non-hydrogen) atoms. The lowest BCUT2D eigenvalue weighted by atomic mass is 10.2. The van der Waals surface area contributed by atoms with E-state index in [9.17, 15) is 9.59 Å². The largest absolute Gasteiger partial charge is 0.482 e. The first kappa shape index (κ1) is 15.6. The number of carbonyl (C=O) groups is 2. The summed E-state index contributed by atoms with van der Waals surface area (Å²) in [7, 11) is 0. The van der Waals surface area contributed by atoms with Crippen molar-refractivity contribution in [3.63, 3.8) is 0 Å². The van der Waals surface area contributed by atoms with E-state index in [0.717, 1.165) is 12.8 Å². The van der Waals surface area contributed by atoms with Crippen LogP contribution in [0, 0.1) is 0 Å². The van der Waals surface area contributed by atoms with Crippen molar-refractivity contribution in [2.45, 2.75) is 32.7 Å². The number of benzene rings is 1. The molecule has 1 heterocycles. The van der Waals surface area contributed by atoms with Crippen LogP contribution in [0.1, 0.15) is 26.7 Å². The summed E-state index contributed by atoms with van der Waals surface area (Å²) in [4.78, 5) is 25.5. The number of hydrogen-bond donors (Lipinski definition) is 1. The maximum Gasteiger partial charge on any atom is 0.265 e. The second kappa shape index (κ2) is 6.80. The van der Waals surface area contributed by atoms with E-state index < -0.39 is 0 Å². The number of ether oxygens (including phenoxy) is 1. The molecule has 1 aliphatic rings. The monoisotopic (exact) mass is 310 g/mol. The standard InChI is InChI=1S/C15H19ClN2O3/c1-3-4-10(2)17-14(19)8-18-12-7-11(16)5-6-13(12)21-9-15(18)20/h5-7,10H,3-4,8-9H2,1-2H3,(H,17,19)/t10-/m1/s1. The summed E-state index contributed by atoms with van der Waals surface area (Å²) in [6.45, 7) is 3.93. The van der Waals surface area contributed by atoms with Crippen molar-refractivity contribution in [1.29, 1.82) is 0 Å². The van der Waals surface area contributed by atoms with E-state index in [4.69, 9.17) is 16.3 Å². The van der Waals surface area contributed by atoms with Crippen molar-refractivity contribution >= 4 is 29.1 Å². The van der Waals surface area contributed by atoms with Gasteiger partial charge in [-0.25, -0.2) is 0 Å². The van der Waals surface area contributed by atoms with Gasteiger partial charge in [0.25, 0.3) is 5.91 Å². The summed E-state index contributed by atoms with van der Waals surface area (Å²) in [5.41, 5.74) is 0.539. The summed E-state index contributed by atoms with van der Waals surface area (Å²) < 4.78 is 5.34. The molecule has 114 valence electrons. The fourth-order valence-electron chi connectivity index (χ4n) is 2.32. The van der Waals surface area contributed by atoms with Crippen LogP contribution in [-0.4, -0.2) is 31.0 Å². The predicted octanol–water partition coefficient (Wildman–Crippen LogP) is 2.37. The van der Waals surface area contributed by atoms with Crippen LogP contribution in [0.2, 0.25) is 5.02 Å². The molecule has 0 radical (unpaired) electrons. The Kier molecular flexibility index (Phi) is 5.07. The van der Waals surface area contributed by atoms with Crippen molar-refractivity contribution < 1.29 is 14.3 Å². The van der Waals surface area contributed by atoms with Crippen LogP contribution in [-0.2, 0) is 9.59 Å². The Hall–Kier alpha value is -1.75. The molecule has 5 nitrogen and oxygen atoms in total.